The molecule has 0 amide bonds. The highest BCUT2D eigenvalue weighted by Gasteiger charge is 2.28. The molecule has 0 bridgehead atoms. The molecular weight excluding hydrogens is 461 g/mol. The summed E-state index contributed by atoms with van der Waals surface area (Å²) in [5.74, 6) is -0.528. The van der Waals surface area contributed by atoms with Gasteiger partial charge in [0.15, 0.2) is 0 Å². The summed E-state index contributed by atoms with van der Waals surface area (Å²) in [5.41, 5.74) is 4.20. The quantitative estimate of drug-likeness (QED) is 0.233. The monoisotopic (exact) mass is 496 g/mol. The molecule has 1 aliphatic rings. The number of fused-ring (bicyclic) bond motifs is 4. The molecule has 2 heterocycles. The average Bonchev–Trinajstić information content (AvgIpc) is 3.22. The largest absolute Gasteiger partial charge is 0.235 e. The number of benzene rings is 3. The van der Waals surface area contributed by atoms with Crippen molar-refractivity contribution in [2.45, 2.75) is 65.1 Å². The Morgan fingerprint density at radius 3 is 2.51 bits per heavy atom. The van der Waals surface area contributed by atoms with E-state index in [1.54, 1.807) is 11.3 Å². The van der Waals surface area contributed by atoms with Crippen LogP contribution in [0.25, 0.3) is 42.3 Å². The minimum Gasteiger partial charge on any atom is -0.235 e. The molecule has 0 atom stereocenters. The molecule has 0 radical (unpaired) electrons. The van der Waals surface area contributed by atoms with Crippen LogP contribution >= 0.6 is 11.3 Å². The number of hydrogen-bond acceptors (Lipinski definition) is 3. The van der Waals surface area contributed by atoms with Gasteiger partial charge in [-0.2, -0.15) is 0 Å². The lowest BCUT2D eigenvalue weighted by Gasteiger charge is -2.34. The van der Waals surface area contributed by atoms with Crippen LogP contribution in [0.4, 0.5) is 0 Å². The Balaban J connectivity index is 1.54. The molecule has 0 unspecified atom stereocenters. The van der Waals surface area contributed by atoms with E-state index < -0.39 is 14.0 Å². The molecule has 4 heteroatoms. The van der Waals surface area contributed by atoms with Crippen LogP contribution in [0, 0.1) is 5.41 Å². The molecule has 6 rings (SSSR count). The van der Waals surface area contributed by atoms with Crippen molar-refractivity contribution in [3.63, 3.8) is 0 Å². The fourth-order valence-corrected chi connectivity index (χ4v) is 8.35. The Bertz CT molecular complexity index is 1670. The minimum atomic E-state index is -1.63. The first kappa shape index (κ1) is 20.6. The van der Waals surface area contributed by atoms with E-state index in [9.17, 15) is 1.37 Å². The number of nitrogens with zero attached hydrogens (tertiary/aromatic N) is 2. The number of hydrogen-bond donors (Lipinski definition) is 0. The highest BCUT2D eigenvalue weighted by atomic mass is 32.1. The zero-order valence-electron chi connectivity index (χ0n) is 23.3. The Labute approximate surface area is 216 Å². The van der Waals surface area contributed by atoms with Gasteiger partial charge in [0, 0.05) is 17.0 Å². The molecule has 2 aromatic heterocycles. The third-order valence-corrected chi connectivity index (χ3v) is 10.9. The predicted octanol–water partition coefficient (Wildman–Crippen LogP) is 8.89. The van der Waals surface area contributed by atoms with Gasteiger partial charge in [-0.15, -0.1) is 11.3 Å². The van der Waals surface area contributed by atoms with Gasteiger partial charge in [-0.3, -0.25) is 0 Å². The third kappa shape index (κ3) is 4.11. The fraction of sp³-hybridized carbons (Fsp3) is 0.355. The summed E-state index contributed by atoms with van der Waals surface area (Å²) in [7, 11) is -1.63. The summed E-state index contributed by atoms with van der Waals surface area (Å²) in [6, 6.07) is 19.6. The predicted molar refractivity (Wildman–Crippen MR) is 156 cm³/mol. The molecule has 5 aromatic rings. The molecule has 1 aliphatic carbocycles. The summed E-state index contributed by atoms with van der Waals surface area (Å²) in [6.45, 7) is 11.8. The standard InChI is InChI=1S/C31H34N2SSi/c1-31(2)14-12-20(13-15-31)21-10-11-25-26(17-21)34-30-28(32-19-33-29(25)30)23-16-22-8-6-7-9-24(22)27(18-23)35(3,4)5/h6-11,16-20H,12-15H2,1-5H3/i19D,20D. The van der Waals surface area contributed by atoms with Gasteiger partial charge in [0.2, 0.25) is 0 Å². The van der Waals surface area contributed by atoms with Gasteiger partial charge < -0.3 is 0 Å². The molecule has 1 saturated carbocycles. The normalized spacial score (nSPS) is 18.7. The van der Waals surface area contributed by atoms with Gasteiger partial charge in [-0.05, 0) is 65.5 Å². The highest BCUT2D eigenvalue weighted by molar-refractivity contribution is 7.26. The van der Waals surface area contributed by atoms with E-state index in [0.29, 0.717) is 5.41 Å². The highest BCUT2D eigenvalue weighted by Crippen LogP contribution is 2.44. The number of rotatable bonds is 3. The van der Waals surface area contributed by atoms with Gasteiger partial charge in [0.1, 0.15) is 7.67 Å². The lowest BCUT2D eigenvalue weighted by atomic mass is 9.71. The Kier molecular flexibility index (Phi) is 4.85. The van der Waals surface area contributed by atoms with Crippen LogP contribution in [0.2, 0.25) is 19.6 Å². The summed E-state index contributed by atoms with van der Waals surface area (Å²) in [6.07, 6.45) is 4.02. The van der Waals surface area contributed by atoms with Crippen molar-refractivity contribution in [3.8, 4) is 11.3 Å². The second kappa shape index (κ2) is 8.24. The van der Waals surface area contributed by atoms with Gasteiger partial charge >= 0.3 is 0 Å². The van der Waals surface area contributed by atoms with E-state index in [0.717, 1.165) is 62.8 Å². The Morgan fingerprint density at radius 2 is 1.74 bits per heavy atom. The molecule has 0 saturated heterocycles. The third-order valence-electron chi connectivity index (χ3n) is 7.76. The van der Waals surface area contributed by atoms with Gasteiger partial charge in [0.05, 0.1) is 24.0 Å². The van der Waals surface area contributed by atoms with Crippen LogP contribution in [0.15, 0.2) is 60.9 Å². The molecule has 1 fully saturated rings. The maximum Gasteiger partial charge on any atom is 0.116 e. The molecule has 3 aromatic carbocycles. The van der Waals surface area contributed by atoms with Crippen LogP contribution in [0.3, 0.4) is 0 Å². The molecule has 0 spiro atoms. The first-order valence-corrected chi connectivity index (χ1v) is 17.0. The van der Waals surface area contributed by atoms with E-state index in [2.05, 4.69) is 98.1 Å². The van der Waals surface area contributed by atoms with Crippen molar-refractivity contribution in [2.24, 2.45) is 5.41 Å². The van der Waals surface area contributed by atoms with Crippen LogP contribution in [-0.4, -0.2) is 18.0 Å². The van der Waals surface area contributed by atoms with Gasteiger partial charge in [-0.25, -0.2) is 9.97 Å². The van der Waals surface area contributed by atoms with Crippen molar-refractivity contribution in [2.75, 3.05) is 0 Å². The number of aromatic nitrogens is 2. The second-order valence-electron chi connectivity index (χ2n) is 11.9. The summed E-state index contributed by atoms with van der Waals surface area (Å²) >= 11 is 1.71. The van der Waals surface area contributed by atoms with E-state index >= 15 is 0 Å². The van der Waals surface area contributed by atoms with Crippen LogP contribution in [0.1, 0.15) is 53.7 Å². The summed E-state index contributed by atoms with van der Waals surface area (Å²) < 4.78 is 19.9. The summed E-state index contributed by atoms with van der Waals surface area (Å²) in [5, 5.41) is 5.01. The SMILES string of the molecule is [2H]c1nc(-c2cc([Si](C)(C)C)c3ccccc3c2)c2sc3cc(C4([2H])CCC(C)(C)CC4)ccc3c2n1. The van der Waals surface area contributed by atoms with Crippen molar-refractivity contribution in [1.82, 2.24) is 9.97 Å². The first-order valence-electron chi connectivity index (χ1n) is 13.7. The molecule has 0 N–H and O–H groups in total. The smallest absolute Gasteiger partial charge is 0.116 e. The van der Waals surface area contributed by atoms with Crippen molar-refractivity contribution >= 4 is 55.7 Å². The molecular formula is C31H34N2SSi. The van der Waals surface area contributed by atoms with Crippen molar-refractivity contribution < 1.29 is 2.74 Å². The van der Waals surface area contributed by atoms with Crippen molar-refractivity contribution in [1.29, 1.82) is 0 Å². The molecule has 178 valence electrons. The average molecular weight is 497 g/mol. The maximum absolute atomic E-state index is 9.27. The van der Waals surface area contributed by atoms with Crippen molar-refractivity contribution in [3.05, 3.63) is 66.5 Å². The van der Waals surface area contributed by atoms with E-state index in [4.69, 9.17) is 1.37 Å². The Hall–Kier alpha value is -2.56. The van der Waals surface area contributed by atoms with Crippen LogP contribution in [0.5, 0.6) is 0 Å². The maximum atomic E-state index is 9.27. The number of thiophene rings is 1. The Morgan fingerprint density at radius 1 is 0.971 bits per heavy atom. The van der Waals surface area contributed by atoms with Crippen LogP contribution in [-0.2, 0) is 0 Å². The lowest BCUT2D eigenvalue weighted by Crippen LogP contribution is -2.38. The van der Waals surface area contributed by atoms with E-state index in [-0.39, 0.29) is 6.30 Å². The second-order valence-corrected chi connectivity index (χ2v) is 18.0. The topological polar surface area (TPSA) is 25.8 Å². The zero-order chi connectivity index (χ0) is 26.2. The summed E-state index contributed by atoms with van der Waals surface area (Å²) in [4.78, 5) is 9.27. The lowest BCUT2D eigenvalue weighted by molar-refractivity contribution is 0.224. The van der Waals surface area contributed by atoms with E-state index in [1.807, 2.05) is 0 Å². The van der Waals surface area contributed by atoms with Crippen LogP contribution < -0.4 is 5.19 Å². The fourth-order valence-electron chi connectivity index (χ4n) is 5.53. The van der Waals surface area contributed by atoms with E-state index in [1.165, 1.54) is 16.0 Å². The van der Waals surface area contributed by atoms with Gasteiger partial charge in [-0.1, -0.05) is 81.1 Å². The molecule has 35 heavy (non-hydrogen) atoms. The first-order chi connectivity index (χ1) is 17.4. The molecule has 0 aliphatic heterocycles. The molecule has 2 nitrogen and oxygen atoms in total. The minimum absolute atomic E-state index is 0.0560. The zero-order valence-corrected chi connectivity index (χ0v) is 23.1. The van der Waals surface area contributed by atoms with Gasteiger partial charge in [0.25, 0.3) is 0 Å².